The number of urea groups is 1. The molecule has 0 bridgehead atoms. The number of carbonyl (C=O) groups is 1. The molecule has 2 amide bonds. The van der Waals surface area contributed by atoms with Crippen molar-refractivity contribution in [2.45, 2.75) is 25.7 Å². The summed E-state index contributed by atoms with van der Waals surface area (Å²) in [6.07, 6.45) is 0. The van der Waals surface area contributed by atoms with Crippen LogP contribution in [0.5, 0.6) is 5.75 Å². The van der Waals surface area contributed by atoms with Gasteiger partial charge in [-0.15, -0.1) is 0 Å². The summed E-state index contributed by atoms with van der Waals surface area (Å²) in [6.45, 7) is 5.15. The van der Waals surface area contributed by atoms with E-state index in [2.05, 4.69) is 5.32 Å². The molecule has 0 aliphatic rings. The molecule has 0 radical (unpaired) electrons. The van der Waals surface area contributed by atoms with Gasteiger partial charge in [-0.2, -0.15) is 4.31 Å². The lowest BCUT2D eigenvalue weighted by atomic mass is 10.1. The Bertz CT molecular complexity index is 1120. The predicted molar refractivity (Wildman–Crippen MR) is 114 cm³/mol. The van der Waals surface area contributed by atoms with Gasteiger partial charge in [0.1, 0.15) is 5.75 Å². The maximum Gasteiger partial charge on any atom is 0.340 e. The molecule has 0 aliphatic heterocycles. The van der Waals surface area contributed by atoms with Gasteiger partial charge in [-0.05, 0) is 68.3 Å². The molecule has 3 rings (SSSR count). The van der Waals surface area contributed by atoms with Crippen LogP contribution < -0.4 is 9.62 Å². The number of sulfonamides is 1. The number of rotatable bonds is 4. The van der Waals surface area contributed by atoms with Crippen molar-refractivity contribution in [1.82, 2.24) is 0 Å². The Morgan fingerprint density at radius 1 is 0.897 bits per heavy atom. The van der Waals surface area contributed by atoms with Crippen molar-refractivity contribution in [1.29, 1.82) is 0 Å². The Hall–Kier alpha value is -3.32. The number of phenolic OH excluding ortho intramolecular Hbond substituents is 1. The largest absolute Gasteiger partial charge is 0.507 e. The van der Waals surface area contributed by atoms with Gasteiger partial charge in [0.2, 0.25) is 0 Å². The summed E-state index contributed by atoms with van der Waals surface area (Å²) in [7, 11) is -4.20. The summed E-state index contributed by atoms with van der Waals surface area (Å²) in [5, 5.41) is 12.7. The molecule has 3 aromatic carbocycles. The first kappa shape index (κ1) is 20.4. The van der Waals surface area contributed by atoms with E-state index >= 15 is 0 Å². The fourth-order valence-corrected chi connectivity index (χ4v) is 4.26. The molecule has 0 spiro atoms. The highest BCUT2D eigenvalue weighted by molar-refractivity contribution is 7.93. The van der Waals surface area contributed by atoms with Crippen LogP contribution in [0.25, 0.3) is 0 Å². The lowest BCUT2D eigenvalue weighted by Crippen LogP contribution is -2.40. The first-order chi connectivity index (χ1) is 13.7. The van der Waals surface area contributed by atoms with Crippen LogP contribution in [0.2, 0.25) is 0 Å². The zero-order valence-corrected chi connectivity index (χ0v) is 17.2. The Kier molecular flexibility index (Phi) is 5.61. The second-order valence-electron chi connectivity index (χ2n) is 6.81. The summed E-state index contributed by atoms with van der Waals surface area (Å²) < 4.78 is 27.5. The number of phenols is 1. The summed E-state index contributed by atoms with van der Waals surface area (Å²) in [4.78, 5) is 13.1. The van der Waals surface area contributed by atoms with E-state index in [1.807, 2.05) is 6.92 Å². The van der Waals surface area contributed by atoms with Crippen molar-refractivity contribution in [2.75, 3.05) is 9.62 Å². The molecule has 6 nitrogen and oxygen atoms in total. The number of amides is 2. The van der Waals surface area contributed by atoms with Crippen LogP contribution in [0.4, 0.5) is 16.2 Å². The predicted octanol–water partition coefficient (Wildman–Crippen LogP) is 4.74. The molecular weight excluding hydrogens is 388 g/mol. The number of benzene rings is 3. The fourth-order valence-electron chi connectivity index (χ4n) is 2.93. The van der Waals surface area contributed by atoms with Crippen molar-refractivity contribution in [3.63, 3.8) is 0 Å². The monoisotopic (exact) mass is 410 g/mol. The maximum absolute atomic E-state index is 13.4. The van der Waals surface area contributed by atoms with Gasteiger partial charge in [0, 0.05) is 5.69 Å². The first-order valence-corrected chi connectivity index (χ1v) is 10.4. The van der Waals surface area contributed by atoms with Crippen molar-refractivity contribution >= 4 is 27.4 Å². The third-order valence-corrected chi connectivity index (χ3v) is 6.20. The van der Waals surface area contributed by atoms with Gasteiger partial charge in [-0.3, -0.25) is 0 Å². The molecule has 29 heavy (non-hydrogen) atoms. The van der Waals surface area contributed by atoms with E-state index in [4.69, 9.17) is 0 Å². The highest BCUT2D eigenvalue weighted by atomic mass is 32.2. The molecule has 0 saturated heterocycles. The van der Waals surface area contributed by atoms with E-state index in [0.29, 0.717) is 16.8 Å². The van der Waals surface area contributed by atoms with Crippen molar-refractivity contribution in [3.8, 4) is 5.75 Å². The van der Waals surface area contributed by atoms with Crippen LogP contribution in [0.3, 0.4) is 0 Å². The van der Waals surface area contributed by atoms with Crippen LogP contribution >= 0.6 is 0 Å². The normalized spacial score (nSPS) is 11.1. The topological polar surface area (TPSA) is 86.7 Å². The van der Waals surface area contributed by atoms with Gasteiger partial charge in [-0.1, -0.05) is 35.9 Å². The third-order valence-electron chi connectivity index (χ3n) is 4.48. The lowest BCUT2D eigenvalue weighted by molar-refractivity contribution is 0.259. The Morgan fingerprint density at radius 2 is 1.45 bits per heavy atom. The molecule has 150 valence electrons. The van der Waals surface area contributed by atoms with Gasteiger partial charge in [0.05, 0.1) is 10.6 Å². The molecule has 0 unspecified atom stereocenters. The highest BCUT2D eigenvalue weighted by Crippen LogP contribution is 2.31. The lowest BCUT2D eigenvalue weighted by Gasteiger charge is -2.24. The maximum atomic E-state index is 13.4. The third kappa shape index (κ3) is 4.25. The molecule has 0 fully saturated rings. The molecule has 0 aromatic heterocycles. The van der Waals surface area contributed by atoms with E-state index in [1.165, 1.54) is 24.3 Å². The molecule has 0 heterocycles. The number of aryl methyl sites for hydroxylation is 3. The van der Waals surface area contributed by atoms with Crippen LogP contribution in [-0.2, 0) is 10.0 Å². The Balaban J connectivity index is 2.13. The number of hydrogen-bond donors (Lipinski definition) is 2. The summed E-state index contributed by atoms with van der Waals surface area (Å²) in [6, 6.07) is 17.0. The van der Waals surface area contributed by atoms with Gasteiger partial charge in [0.25, 0.3) is 10.0 Å². The van der Waals surface area contributed by atoms with Crippen LogP contribution in [0.15, 0.2) is 71.6 Å². The highest BCUT2D eigenvalue weighted by Gasteiger charge is 2.32. The summed E-state index contributed by atoms with van der Waals surface area (Å²) >= 11 is 0. The first-order valence-electron chi connectivity index (χ1n) is 8.98. The van der Waals surface area contributed by atoms with E-state index in [0.717, 1.165) is 9.87 Å². The number of anilines is 2. The second-order valence-corrected chi connectivity index (χ2v) is 8.59. The number of para-hydroxylation sites is 1. The molecule has 2 N–H and O–H groups in total. The second kappa shape index (κ2) is 7.97. The zero-order valence-electron chi connectivity index (χ0n) is 16.4. The summed E-state index contributed by atoms with van der Waals surface area (Å²) in [5.74, 6) is 0.0601. The SMILES string of the molecule is Cc1ccc(S(=O)(=O)N(C(=O)Nc2ccccc2)c2cc(C)c(O)c(C)c2)cc1. The van der Waals surface area contributed by atoms with Crippen LogP contribution in [0, 0.1) is 20.8 Å². The van der Waals surface area contributed by atoms with Crippen molar-refractivity contribution in [3.05, 3.63) is 83.4 Å². The van der Waals surface area contributed by atoms with Crippen molar-refractivity contribution in [2.24, 2.45) is 0 Å². The van der Waals surface area contributed by atoms with Gasteiger partial charge in [0.15, 0.2) is 0 Å². The smallest absolute Gasteiger partial charge is 0.340 e. The zero-order chi connectivity index (χ0) is 21.2. The molecule has 0 saturated carbocycles. The number of nitrogens with one attached hydrogen (secondary N) is 1. The van der Waals surface area contributed by atoms with E-state index in [1.54, 1.807) is 56.3 Å². The van der Waals surface area contributed by atoms with Crippen molar-refractivity contribution < 1.29 is 18.3 Å². The van der Waals surface area contributed by atoms with Crippen LogP contribution in [-0.4, -0.2) is 19.6 Å². The fraction of sp³-hybridized carbons (Fsp3) is 0.136. The average Bonchev–Trinajstić information content (AvgIpc) is 2.67. The van der Waals surface area contributed by atoms with E-state index in [-0.39, 0.29) is 16.3 Å². The van der Waals surface area contributed by atoms with E-state index < -0.39 is 16.1 Å². The number of hydrogen-bond acceptors (Lipinski definition) is 4. The quantitative estimate of drug-likeness (QED) is 0.650. The van der Waals surface area contributed by atoms with E-state index in [9.17, 15) is 18.3 Å². The minimum Gasteiger partial charge on any atom is -0.507 e. The number of carbonyl (C=O) groups excluding carboxylic acids is 1. The minimum absolute atomic E-state index is 0.00491. The van der Waals surface area contributed by atoms with Gasteiger partial charge < -0.3 is 10.4 Å². The van der Waals surface area contributed by atoms with Crippen LogP contribution in [0.1, 0.15) is 16.7 Å². The number of aromatic hydroxyl groups is 1. The average molecular weight is 410 g/mol. The minimum atomic E-state index is -4.20. The molecule has 0 atom stereocenters. The Labute approximate surface area is 170 Å². The van der Waals surface area contributed by atoms with Gasteiger partial charge in [-0.25, -0.2) is 13.2 Å². The molecule has 3 aromatic rings. The standard InChI is InChI=1S/C22H22N2O4S/c1-15-9-11-20(12-10-15)29(27,28)24(19-13-16(2)21(25)17(3)14-19)22(26)23-18-7-5-4-6-8-18/h4-14,25H,1-3H3,(H,23,26). The molecule has 7 heteroatoms. The molecular formula is C22H22N2O4S. The Morgan fingerprint density at radius 3 is 2.00 bits per heavy atom. The summed E-state index contributed by atoms with van der Waals surface area (Å²) in [5.41, 5.74) is 2.45. The number of nitrogens with zero attached hydrogens (tertiary/aromatic N) is 1. The van der Waals surface area contributed by atoms with Gasteiger partial charge >= 0.3 is 6.03 Å². The molecule has 0 aliphatic carbocycles.